The number of aromatic nitrogens is 3. The minimum absolute atomic E-state index is 0.121. The van der Waals surface area contributed by atoms with Gasteiger partial charge in [-0.3, -0.25) is 4.79 Å². The van der Waals surface area contributed by atoms with Crippen LogP contribution in [0.25, 0.3) is 22.2 Å². The van der Waals surface area contributed by atoms with Crippen molar-refractivity contribution in [2.45, 2.75) is 13.5 Å². The predicted octanol–water partition coefficient (Wildman–Crippen LogP) is 3.71. The number of para-hydroxylation sites is 1. The second-order valence-electron chi connectivity index (χ2n) is 5.88. The second-order valence-corrected chi connectivity index (χ2v) is 7.09. The van der Waals surface area contributed by atoms with E-state index in [1.54, 1.807) is 24.3 Å². The van der Waals surface area contributed by atoms with E-state index in [0.29, 0.717) is 27.3 Å². The van der Waals surface area contributed by atoms with E-state index in [1.165, 1.54) is 11.3 Å². The molecule has 2 aromatic heterocycles. The Morgan fingerprint density at radius 2 is 1.81 bits per heavy atom. The van der Waals surface area contributed by atoms with Crippen LogP contribution in [0.3, 0.4) is 0 Å². The van der Waals surface area contributed by atoms with Crippen molar-refractivity contribution in [1.29, 1.82) is 0 Å². The lowest BCUT2D eigenvalue weighted by molar-refractivity contribution is 0.0469. The fourth-order valence-electron chi connectivity index (χ4n) is 2.76. The van der Waals surface area contributed by atoms with Gasteiger partial charge in [0.2, 0.25) is 0 Å². The van der Waals surface area contributed by atoms with E-state index in [-0.39, 0.29) is 12.2 Å². The zero-order chi connectivity index (χ0) is 18.8. The SMILES string of the molecule is Cc1nc(-c2ccccc2)c(C(=O)OCc2nc3ccccc3c(=O)[nH]2)s1. The number of nitrogens with zero attached hydrogens (tertiary/aromatic N) is 2. The van der Waals surface area contributed by atoms with Gasteiger partial charge in [0.1, 0.15) is 17.3 Å². The van der Waals surface area contributed by atoms with Crippen LogP contribution in [0.15, 0.2) is 59.4 Å². The first-order valence-electron chi connectivity index (χ1n) is 8.30. The van der Waals surface area contributed by atoms with Gasteiger partial charge in [0.25, 0.3) is 5.56 Å². The Labute approximate surface area is 158 Å². The van der Waals surface area contributed by atoms with Gasteiger partial charge in [0.15, 0.2) is 0 Å². The second kappa shape index (κ2) is 7.13. The Hall–Kier alpha value is -3.32. The maximum absolute atomic E-state index is 12.6. The molecule has 6 nitrogen and oxygen atoms in total. The molecule has 2 heterocycles. The number of nitrogens with one attached hydrogen (secondary N) is 1. The van der Waals surface area contributed by atoms with Crippen LogP contribution in [-0.4, -0.2) is 20.9 Å². The minimum Gasteiger partial charge on any atom is -0.453 e. The molecule has 4 aromatic rings. The molecule has 0 atom stereocenters. The average Bonchev–Trinajstić information content (AvgIpc) is 3.09. The molecule has 0 aliphatic heterocycles. The smallest absolute Gasteiger partial charge is 0.351 e. The molecule has 134 valence electrons. The first kappa shape index (κ1) is 17.1. The van der Waals surface area contributed by atoms with E-state index < -0.39 is 5.97 Å². The molecule has 0 spiro atoms. The van der Waals surface area contributed by atoms with Gasteiger partial charge in [0.05, 0.1) is 21.6 Å². The molecule has 0 fully saturated rings. The van der Waals surface area contributed by atoms with Crippen LogP contribution in [0, 0.1) is 6.92 Å². The molecular formula is C20H15N3O3S. The number of ether oxygens (including phenoxy) is 1. The highest BCUT2D eigenvalue weighted by molar-refractivity contribution is 7.14. The van der Waals surface area contributed by atoms with Gasteiger partial charge < -0.3 is 9.72 Å². The molecule has 0 bridgehead atoms. The van der Waals surface area contributed by atoms with E-state index in [4.69, 9.17) is 4.74 Å². The molecule has 1 N–H and O–H groups in total. The maximum Gasteiger partial charge on any atom is 0.351 e. The molecule has 0 aliphatic carbocycles. The summed E-state index contributed by atoms with van der Waals surface area (Å²) in [6.45, 7) is 1.72. The summed E-state index contributed by atoms with van der Waals surface area (Å²) >= 11 is 1.28. The summed E-state index contributed by atoms with van der Waals surface area (Å²) in [5.41, 5.74) is 1.75. The summed E-state index contributed by atoms with van der Waals surface area (Å²) < 4.78 is 5.39. The molecule has 27 heavy (non-hydrogen) atoms. The third kappa shape index (κ3) is 3.50. The first-order valence-corrected chi connectivity index (χ1v) is 9.11. The van der Waals surface area contributed by atoms with E-state index >= 15 is 0 Å². The quantitative estimate of drug-likeness (QED) is 0.548. The first-order chi connectivity index (χ1) is 13.1. The monoisotopic (exact) mass is 377 g/mol. The van der Waals surface area contributed by atoms with Crippen molar-refractivity contribution < 1.29 is 9.53 Å². The number of benzene rings is 2. The predicted molar refractivity (Wildman–Crippen MR) is 104 cm³/mol. The molecular weight excluding hydrogens is 362 g/mol. The topological polar surface area (TPSA) is 84.9 Å². The van der Waals surface area contributed by atoms with Crippen molar-refractivity contribution >= 4 is 28.2 Å². The van der Waals surface area contributed by atoms with Crippen LogP contribution in [-0.2, 0) is 11.3 Å². The normalized spacial score (nSPS) is 10.9. The lowest BCUT2D eigenvalue weighted by Gasteiger charge is -2.06. The maximum atomic E-state index is 12.6. The molecule has 0 amide bonds. The van der Waals surface area contributed by atoms with E-state index in [9.17, 15) is 9.59 Å². The number of thiazole rings is 1. The highest BCUT2D eigenvalue weighted by Crippen LogP contribution is 2.28. The molecule has 0 saturated heterocycles. The van der Waals surface area contributed by atoms with Crippen LogP contribution >= 0.6 is 11.3 Å². The number of carbonyl (C=O) groups excluding carboxylic acids is 1. The zero-order valence-electron chi connectivity index (χ0n) is 14.4. The van der Waals surface area contributed by atoms with Gasteiger partial charge in [-0.15, -0.1) is 11.3 Å². The fraction of sp³-hybridized carbons (Fsp3) is 0.100. The number of aryl methyl sites for hydroxylation is 1. The number of fused-ring (bicyclic) bond motifs is 1. The van der Waals surface area contributed by atoms with Crippen LogP contribution in [0.5, 0.6) is 0 Å². The number of aromatic amines is 1. The summed E-state index contributed by atoms with van der Waals surface area (Å²) in [6, 6.07) is 16.5. The van der Waals surface area contributed by atoms with E-state index in [2.05, 4.69) is 15.0 Å². The molecule has 4 rings (SSSR count). The number of hydrogen-bond donors (Lipinski definition) is 1. The minimum atomic E-state index is -0.490. The Balaban J connectivity index is 1.58. The number of rotatable bonds is 4. The summed E-state index contributed by atoms with van der Waals surface area (Å²) in [4.78, 5) is 36.6. The molecule has 2 aromatic carbocycles. The van der Waals surface area contributed by atoms with Crippen LogP contribution in [0.1, 0.15) is 20.5 Å². The van der Waals surface area contributed by atoms with Crippen LogP contribution in [0.4, 0.5) is 0 Å². The van der Waals surface area contributed by atoms with Gasteiger partial charge in [-0.2, -0.15) is 0 Å². The Morgan fingerprint density at radius 1 is 1.07 bits per heavy atom. The fourth-order valence-corrected chi connectivity index (χ4v) is 3.59. The van der Waals surface area contributed by atoms with Gasteiger partial charge >= 0.3 is 5.97 Å². The average molecular weight is 377 g/mol. The van der Waals surface area contributed by atoms with Crippen molar-refractivity contribution in [2.24, 2.45) is 0 Å². The number of H-pyrrole nitrogens is 1. The molecule has 0 unspecified atom stereocenters. The van der Waals surface area contributed by atoms with Gasteiger partial charge in [0, 0.05) is 5.56 Å². The molecule has 7 heteroatoms. The molecule has 0 radical (unpaired) electrons. The van der Waals surface area contributed by atoms with Gasteiger partial charge in [-0.05, 0) is 19.1 Å². The summed E-state index contributed by atoms with van der Waals surface area (Å²) in [7, 11) is 0. The van der Waals surface area contributed by atoms with Crippen molar-refractivity contribution in [3.05, 3.63) is 80.7 Å². The highest BCUT2D eigenvalue weighted by Gasteiger charge is 2.20. The zero-order valence-corrected chi connectivity index (χ0v) is 15.2. The number of carbonyl (C=O) groups is 1. The Bertz CT molecular complexity index is 1180. The highest BCUT2D eigenvalue weighted by atomic mass is 32.1. The van der Waals surface area contributed by atoms with Crippen LogP contribution in [0.2, 0.25) is 0 Å². The lowest BCUT2D eigenvalue weighted by atomic mass is 10.1. The van der Waals surface area contributed by atoms with Crippen LogP contribution < -0.4 is 5.56 Å². The number of esters is 1. The van der Waals surface area contributed by atoms with Crippen molar-refractivity contribution in [3.8, 4) is 11.3 Å². The lowest BCUT2D eigenvalue weighted by Crippen LogP contribution is -2.14. The summed E-state index contributed by atoms with van der Waals surface area (Å²) in [5.74, 6) is -0.190. The third-order valence-electron chi connectivity index (χ3n) is 3.97. The van der Waals surface area contributed by atoms with Crippen molar-refractivity contribution in [3.63, 3.8) is 0 Å². The Morgan fingerprint density at radius 3 is 2.63 bits per heavy atom. The third-order valence-corrected chi connectivity index (χ3v) is 4.92. The largest absolute Gasteiger partial charge is 0.453 e. The molecule has 0 aliphatic rings. The van der Waals surface area contributed by atoms with Crippen molar-refractivity contribution in [1.82, 2.24) is 15.0 Å². The van der Waals surface area contributed by atoms with Crippen molar-refractivity contribution in [2.75, 3.05) is 0 Å². The molecule has 0 saturated carbocycles. The van der Waals surface area contributed by atoms with Gasteiger partial charge in [-0.1, -0.05) is 42.5 Å². The van der Waals surface area contributed by atoms with E-state index in [0.717, 1.165) is 10.6 Å². The van der Waals surface area contributed by atoms with Gasteiger partial charge in [-0.25, -0.2) is 14.8 Å². The summed E-state index contributed by atoms with van der Waals surface area (Å²) in [6.07, 6.45) is 0. The Kier molecular flexibility index (Phi) is 4.52. The summed E-state index contributed by atoms with van der Waals surface area (Å²) in [5, 5.41) is 1.27. The van der Waals surface area contributed by atoms with E-state index in [1.807, 2.05) is 37.3 Å². The number of hydrogen-bond acceptors (Lipinski definition) is 6. The standard InChI is InChI=1S/C20H15N3O3S/c1-12-21-17(13-7-3-2-4-8-13)18(27-12)20(25)26-11-16-22-15-10-6-5-9-14(15)19(24)23-16/h2-10H,11H2,1H3,(H,22,23,24).